The first-order valence-electron chi connectivity index (χ1n) is 10.6. The van der Waals surface area contributed by atoms with Gasteiger partial charge in [-0.25, -0.2) is 4.79 Å². The van der Waals surface area contributed by atoms with Gasteiger partial charge in [0.15, 0.2) is 6.10 Å². The van der Waals surface area contributed by atoms with E-state index in [1.807, 2.05) is 42.5 Å². The molecular weight excluding hydrogens is 404 g/mol. The van der Waals surface area contributed by atoms with Gasteiger partial charge < -0.3 is 19.3 Å². The Kier molecular flexibility index (Phi) is 6.57. The highest BCUT2D eigenvalue weighted by atomic mass is 16.5. The summed E-state index contributed by atoms with van der Waals surface area (Å²) in [6, 6.07) is 22.0. The molecule has 1 unspecified atom stereocenters. The van der Waals surface area contributed by atoms with Crippen molar-refractivity contribution >= 4 is 11.5 Å². The Balaban J connectivity index is 1.48. The lowest BCUT2D eigenvalue weighted by Gasteiger charge is -2.12. The van der Waals surface area contributed by atoms with Crippen molar-refractivity contribution in [2.24, 2.45) is 0 Å². The van der Waals surface area contributed by atoms with Crippen molar-refractivity contribution in [2.75, 3.05) is 20.3 Å². The molecule has 1 atom stereocenters. The molecule has 0 bridgehead atoms. The summed E-state index contributed by atoms with van der Waals surface area (Å²) in [7, 11) is 1.67. The maximum Gasteiger partial charge on any atom is 0.333 e. The average molecular weight is 431 g/mol. The molecule has 0 aliphatic heterocycles. The van der Waals surface area contributed by atoms with E-state index in [1.165, 1.54) is 16.7 Å². The number of carboxylic acid groups (broad SMARTS) is 1. The Morgan fingerprint density at radius 2 is 1.62 bits per heavy atom. The number of carbonyl (C=O) groups is 1. The van der Waals surface area contributed by atoms with Gasteiger partial charge in [0.25, 0.3) is 0 Å². The van der Waals surface area contributed by atoms with E-state index in [9.17, 15) is 9.90 Å². The van der Waals surface area contributed by atoms with E-state index in [0.29, 0.717) is 19.6 Å². The zero-order valence-electron chi connectivity index (χ0n) is 18.2. The third kappa shape index (κ3) is 4.53. The lowest BCUT2D eigenvalue weighted by atomic mass is 10.0. The van der Waals surface area contributed by atoms with Gasteiger partial charge in [-0.3, -0.25) is 0 Å². The van der Waals surface area contributed by atoms with Crippen LogP contribution < -0.4 is 9.47 Å². The quantitative estimate of drug-likeness (QED) is 0.394. The van der Waals surface area contributed by atoms with E-state index in [0.717, 1.165) is 28.2 Å². The predicted molar refractivity (Wildman–Crippen MR) is 124 cm³/mol. The average Bonchev–Trinajstić information content (AvgIpc) is 3.13. The van der Waals surface area contributed by atoms with E-state index >= 15 is 0 Å². The van der Waals surface area contributed by atoms with Gasteiger partial charge in [-0.15, -0.1) is 0 Å². The molecule has 0 fully saturated rings. The summed E-state index contributed by atoms with van der Waals surface area (Å²) in [6.45, 7) is 2.57. The summed E-state index contributed by atoms with van der Waals surface area (Å²) < 4.78 is 16.7. The molecular formula is C27H26O5. The van der Waals surface area contributed by atoms with Gasteiger partial charge in [0.1, 0.15) is 18.1 Å². The fourth-order valence-corrected chi connectivity index (χ4v) is 4.00. The van der Waals surface area contributed by atoms with E-state index in [-0.39, 0.29) is 0 Å². The number of hydrogen-bond donors (Lipinski definition) is 1. The van der Waals surface area contributed by atoms with Crippen molar-refractivity contribution in [3.63, 3.8) is 0 Å². The topological polar surface area (TPSA) is 65.0 Å². The molecule has 1 aliphatic carbocycles. The van der Waals surface area contributed by atoms with Crippen LogP contribution in [0, 0.1) is 0 Å². The fraction of sp³-hybridized carbons (Fsp3) is 0.222. The van der Waals surface area contributed by atoms with E-state index in [2.05, 4.69) is 30.3 Å². The maximum absolute atomic E-state index is 11.3. The second-order valence-corrected chi connectivity index (χ2v) is 7.52. The molecule has 3 aromatic carbocycles. The van der Waals surface area contributed by atoms with Crippen molar-refractivity contribution < 1.29 is 24.1 Å². The van der Waals surface area contributed by atoms with Crippen LogP contribution in [-0.2, 0) is 16.0 Å². The van der Waals surface area contributed by atoms with Crippen LogP contribution in [0.1, 0.15) is 23.6 Å². The standard InChI is InChI=1S/C27H26O5/c1-3-31-26(27(28)29)16-18-8-10-19(11-9-18)32-15-14-24-22-7-5-4-6-21(22)23-13-12-20(30-2)17-25(23)24/h4-14,17,26H,3,15-16H2,1-2H3,(H,28,29)/b24-14-. The van der Waals surface area contributed by atoms with Crippen LogP contribution in [0.5, 0.6) is 11.5 Å². The Morgan fingerprint density at radius 1 is 0.938 bits per heavy atom. The maximum atomic E-state index is 11.3. The first-order valence-corrected chi connectivity index (χ1v) is 10.6. The Bertz CT molecular complexity index is 1130. The van der Waals surface area contributed by atoms with Gasteiger partial charge in [-0.05, 0) is 70.7 Å². The van der Waals surface area contributed by atoms with Crippen molar-refractivity contribution in [1.29, 1.82) is 0 Å². The number of carboxylic acids is 1. The lowest BCUT2D eigenvalue weighted by molar-refractivity contribution is -0.149. The van der Waals surface area contributed by atoms with Gasteiger partial charge in [0, 0.05) is 13.0 Å². The number of benzene rings is 3. The SMILES string of the molecule is CCOC(Cc1ccc(OC/C=C2/c3ccccc3-c3ccc(OC)cc32)cc1)C(=O)O. The minimum absolute atomic E-state index is 0.322. The first-order chi connectivity index (χ1) is 15.6. The molecule has 1 aliphatic rings. The molecule has 5 heteroatoms. The molecule has 4 rings (SSSR count). The molecule has 3 aromatic rings. The number of methoxy groups -OCH3 is 1. The zero-order valence-corrected chi connectivity index (χ0v) is 18.2. The zero-order chi connectivity index (χ0) is 22.5. The summed E-state index contributed by atoms with van der Waals surface area (Å²) in [6.07, 6.45) is 1.58. The number of hydrogen-bond acceptors (Lipinski definition) is 4. The second-order valence-electron chi connectivity index (χ2n) is 7.52. The van der Waals surface area contributed by atoms with Crippen LogP contribution in [0.4, 0.5) is 0 Å². The summed E-state index contributed by atoms with van der Waals surface area (Å²) in [5.41, 5.74) is 6.75. The molecule has 164 valence electrons. The van der Waals surface area contributed by atoms with Gasteiger partial charge in [-0.1, -0.05) is 42.5 Å². The van der Waals surface area contributed by atoms with Crippen LogP contribution in [0.2, 0.25) is 0 Å². The van der Waals surface area contributed by atoms with Crippen molar-refractivity contribution in [3.8, 4) is 22.6 Å². The predicted octanol–water partition coefficient (Wildman–Crippen LogP) is 5.22. The highest BCUT2D eigenvalue weighted by molar-refractivity contribution is 6.01. The molecule has 1 N–H and O–H groups in total. The largest absolute Gasteiger partial charge is 0.497 e. The minimum atomic E-state index is -0.951. The molecule has 5 nitrogen and oxygen atoms in total. The van der Waals surface area contributed by atoms with Crippen LogP contribution in [0.15, 0.2) is 72.8 Å². The smallest absolute Gasteiger partial charge is 0.333 e. The summed E-state index contributed by atoms with van der Waals surface area (Å²) in [4.78, 5) is 11.3. The highest BCUT2D eigenvalue weighted by Gasteiger charge is 2.23. The van der Waals surface area contributed by atoms with Crippen LogP contribution in [0.3, 0.4) is 0 Å². The second kappa shape index (κ2) is 9.71. The summed E-state index contributed by atoms with van der Waals surface area (Å²) in [5, 5.41) is 9.25. The van der Waals surface area contributed by atoms with Gasteiger partial charge in [0.05, 0.1) is 7.11 Å². The normalized spacial score (nSPS) is 14.0. The molecule has 0 heterocycles. The van der Waals surface area contributed by atoms with Gasteiger partial charge >= 0.3 is 5.97 Å². The number of rotatable bonds is 9. The third-order valence-corrected chi connectivity index (χ3v) is 5.55. The lowest BCUT2D eigenvalue weighted by Crippen LogP contribution is -2.26. The Labute approximate surface area is 187 Å². The van der Waals surface area contributed by atoms with Crippen molar-refractivity contribution in [2.45, 2.75) is 19.4 Å². The van der Waals surface area contributed by atoms with E-state index in [4.69, 9.17) is 14.2 Å². The molecule has 0 radical (unpaired) electrons. The fourth-order valence-electron chi connectivity index (χ4n) is 4.00. The molecule has 0 saturated carbocycles. The van der Waals surface area contributed by atoms with Crippen LogP contribution >= 0.6 is 0 Å². The number of aliphatic carboxylic acids is 1. The monoisotopic (exact) mass is 430 g/mol. The number of ether oxygens (including phenoxy) is 3. The molecule has 0 aromatic heterocycles. The number of fused-ring (bicyclic) bond motifs is 3. The van der Waals surface area contributed by atoms with Crippen molar-refractivity contribution in [3.05, 3.63) is 89.5 Å². The van der Waals surface area contributed by atoms with Crippen molar-refractivity contribution in [1.82, 2.24) is 0 Å². The first kappa shape index (κ1) is 21.7. The molecule has 0 spiro atoms. The highest BCUT2D eigenvalue weighted by Crippen LogP contribution is 2.45. The molecule has 0 amide bonds. The molecule has 0 saturated heterocycles. The van der Waals surface area contributed by atoms with Crippen LogP contribution in [-0.4, -0.2) is 37.5 Å². The minimum Gasteiger partial charge on any atom is -0.497 e. The Morgan fingerprint density at radius 3 is 2.31 bits per heavy atom. The summed E-state index contributed by atoms with van der Waals surface area (Å²) in [5.74, 6) is 0.601. The third-order valence-electron chi connectivity index (χ3n) is 5.55. The Hall–Kier alpha value is -3.57. The molecule has 32 heavy (non-hydrogen) atoms. The van der Waals surface area contributed by atoms with E-state index < -0.39 is 12.1 Å². The summed E-state index contributed by atoms with van der Waals surface area (Å²) >= 11 is 0. The van der Waals surface area contributed by atoms with Gasteiger partial charge in [-0.2, -0.15) is 0 Å². The van der Waals surface area contributed by atoms with Gasteiger partial charge in [0.2, 0.25) is 0 Å². The van der Waals surface area contributed by atoms with E-state index in [1.54, 1.807) is 14.0 Å². The van der Waals surface area contributed by atoms with Crippen LogP contribution in [0.25, 0.3) is 16.7 Å².